The van der Waals surface area contributed by atoms with E-state index in [1.165, 1.54) is 0 Å². The molecule has 2 fully saturated rings. The van der Waals surface area contributed by atoms with Gasteiger partial charge in [-0.25, -0.2) is 9.97 Å². The molecule has 0 spiro atoms. The third-order valence-electron chi connectivity index (χ3n) is 7.50. The third-order valence-corrected chi connectivity index (χ3v) is 7.50. The van der Waals surface area contributed by atoms with E-state index in [1.54, 1.807) is 0 Å². The van der Waals surface area contributed by atoms with Crippen LogP contribution in [0.2, 0.25) is 0 Å². The topological polar surface area (TPSA) is 110 Å². The van der Waals surface area contributed by atoms with E-state index < -0.39 is 6.61 Å². The van der Waals surface area contributed by atoms with Gasteiger partial charge in [-0.2, -0.15) is 0 Å². The van der Waals surface area contributed by atoms with E-state index in [9.17, 15) is 9.90 Å². The summed E-state index contributed by atoms with van der Waals surface area (Å²) in [7, 11) is 0. The van der Waals surface area contributed by atoms with Crippen LogP contribution in [0.1, 0.15) is 37.3 Å². The number of imidazole rings is 1. The van der Waals surface area contributed by atoms with E-state index >= 15 is 0 Å². The van der Waals surface area contributed by atoms with Gasteiger partial charge in [0, 0.05) is 41.5 Å². The minimum absolute atomic E-state index is 0.112. The highest BCUT2D eigenvalue weighted by Gasteiger charge is 2.42. The summed E-state index contributed by atoms with van der Waals surface area (Å²) >= 11 is 0. The first-order valence-corrected chi connectivity index (χ1v) is 12.1. The second-order valence-corrected chi connectivity index (χ2v) is 9.61. The second kappa shape index (κ2) is 8.87. The van der Waals surface area contributed by atoms with Crippen molar-refractivity contribution in [3.8, 4) is 22.5 Å². The summed E-state index contributed by atoms with van der Waals surface area (Å²) < 4.78 is 2.03. The molecule has 8 nitrogen and oxygen atoms in total. The van der Waals surface area contributed by atoms with Crippen molar-refractivity contribution in [1.82, 2.24) is 24.3 Å². The van der Waals surface area contributed by atoms with Crippen LogP contribution in [0, 0.1) is 0 Å². The molecule has 2 saturated heterocycles. The molecule has 2 unspecified atom stereocenters. The average Bonchev–Trinajstić information content (AvgIpc) is 3.41. The van der Waals surface area contributed by atoms with Crippen LogP contribution in [0.4, 0.5) is 5.82 Å². The summed E-state index contributed by atoms with van der Waals surface area (Å²) in [6.07, 6.45) is 9.79. The number of Topliss-reactive ketones (excluding diaryl/α,β-unsaturated/α-hetero) is 1. The van der Waals surface area contributed by atoms with E-state index in [2.05, 4.69) is 27.1 Å². The van der Waals surface area contributed by atoms with Crippen molar-refractivity contribution in [3.05, 3.63) is 66.7 Å². The number of anilines is 1. The molecule has 0 amide bonds. The van der Waals surface area contributed by atoms with Gasteiger partial charge in [0.2, 0.25) is 0 Å². The largest absolute Gasteiger partial charge is 0.389 e. The Morgan fingerprint density at radius 1 is 1.00 bits per heavy atom. The summed E-state index contributed by atoms with van der Waals surface area (Å²) in [4.78, 5) is 28.1. The lowest BCUT2D eigenvalue weighted by molar-refractivity contribution is -0.124. The minimum Gasteiger partial charge on any atom is -0.389 e. The Morgan fingerprint density at radius 2 is 1.77 bits per heavy atom. The summed E-state index contributed by atoms with van der Waals surface area (Å²) in [5.41, 5.74) is 11.9. The van der Waals surface area contributed by atoms with Gasteiger partial charge in [0.25, 0.3) is 0 Å². The van der Waals surface area contributed by atoms with Crippen LogP contribution in [-0.4, -0.2) is 60.4 Å². The number of pyridine rings is 1. The van der Waals surface area contributed by atoms with Crippen molar-refractivity contribution in [2.75, 3.05) is 18.9 Å². The first-order valence-electron chi connectivity index (χ1n) is 12.1. The summed E-state index contributed by atoms with van der Waals surface area (Å²) in [6, 6.07) is 14.9. The quantitative estimate of drug-likeness (QED) is 0.447. The van der Waals surface area contributed by atoms with Crippen molar-refractivity contribution in [3.63, 3.8) is 0 Å². The fourth-order valence-corrected chi connectivity index (χ4v) is 5.79. The average molecular weight is 469 g/mol. The Kier molecular flexibility index (Phi) is 5.54. The number of benzene rings is 1. The fraction of sp³-hybridized carbons (Fsp3) is 0.333. The van der Waals surface area contributed by atoms with Gasteiger partial charge in [0.1, 0.15) is 6.61 Å². The maximum absolute atomic E-state index is 11.8. The summed E-state index contributed by atoms with van der Waals surface area (Å²) in [5, 5.41) is 9.18. The molecule has 2 atom stereocenters. The summed E-state index contributed by atoms with van der Waals surface area (Å²) in [5.74, 6) is 0.584. The molecule has 0 saturated carbocycles. The number of hydrogen-bond acceptors (Lipinski definition) is 7. The number of aliphatic hydroxyl groups is 1. The number of nitrogens with two attached hydrogens (primary N) is 1. The number of nitrogens with zero attached hydrogens (tertiary/aromatic N) is 5. The number of ketones is 1. The van der Waals surface area contributed by atoms with Gasteiger partial charge in [-0.3, -0.25) is 19.1 Å². The van der Waals surface area contributed by atoms with Gasteiger partial charge in [-0.1, -0.05) is 30.3 Å². The van der Waals surface area contributed by atoms with Crippen LogP contribution in [-0.2, 0) is 4.79 Å². The zero-order chi connectivity index (χ0) is 23.9. The van der Waals surface area contributed by atoms with Crippen molar-refractivity contribution in [2.45, 2.75) is 43.7 Å². The number of rotatable bonds is 6. The molecule has 3 aromatic heterocycles. The molecular weight excluding hydrogens is 440 g/mol. The van der Waals surface area contributed by atoms with Crippen LogP contribution in [0.3, 0.4) is 0 Å². The molecule has 0 radical (unpaired) electrons. The Balaban J connectivity index is 1.30. The normalized spacial score (nSPS) is 22.0. The lowest BCUT2D eigenvalue weighted by Crippen LogP contribution is -2.45. The highest BCUT2D eigenvalue weighted by molar-refractivity contribution is 5.81. The molecule has 0 aliphatic carbocycles. The number of hydrogen-bond donors (Lipinski definition) is 2. The lowest BCUT2D eigenvalue weighted by atomic mass is 9.88. The minimum atomic E-state index is -0.390. The van der Waals surface area contributed by atoms with Gasteiger partial charge < -0.3 is 10.8 Å². The molecule has 35 heavy (non-hydrogen) atoms. The second-order valence-electron chi connectivity index (χ2n) is 9.61. The van der Waals surface area contributed by atoms with Crippen LogP contribution in [0.15, 0.2) is 61.1 Å². The maximum atomic E-state index is 11.8. The highest BCUT2D eigenvalue weighted by atomic mass is 16.3. The van der Waals surface area contributed by atoms with Gasteiger partial charge in [-0.05, 0) is 37.8 Å². The van der Waals surface area contributed by atoms with E-state index in [0.29, 0.717) is 30.1 Å². The molecule has 2 bridgehead atoms. The molecule has 178 valence electrons. The number of carbonyl (C=O) groups is 1. The Bertz CT molecular complexity index is 1350. The number of fused-ring (bicyclic) bond motifs is 3. The number of nitrogen functional groups attached to an aromatic ring is 1. The van der Waals surface area contributed by atoms with E-state index in [0.717, 1.165) is 53.9 Å². The van der Waals surface area contributed by atoms with Crippen LogP contribution in [0.25, 0.3) is 28.2 Å². The molecule has 3 N–H and O–H groups in total. The smallest absolute Gasteiger partial charge is 0.180 e. The standard InChI is InChI=1S/C27H28N6O2/c28-26-27-30-13-25(18-6-9-23(29-12-18)17-4-2-1-3-5-17)33(27)15-24(31-26)19-10-20-7-8-21(11-19)32(20)14-22(35)16-34/h1-6,9,12-13,15,19-21,34H,7-8,10-11,14,16H2,(H2,28,31). The molecule has 1 aromatic carbocycles. The lowest BCUT2D eigenvalue weighted by Gasteiger charge is -2.38. The molecule has 2 aliphatic rings. The Hall–Kier alpha value is -3.62. The first-order chi connectivity index (χ1) is 17.1. The molecule has 6 rings (SSSR count). The third kappa shape index (κ3) is 3.98. The van der Waals surface area contributed by atoms with Gasteiger partial charge >= 0.3 is 0 Å². The van der Waals surface area contributed by atoms with Gasteiger partial charge in [0.15, 0.2) is 17.2 Å². The zero-order valence-electron chi connectivity index (χ0n) is 19.4. The van der Waals surface area contributed by atoms with Crippen molar-refractivity contribution in [2.24, 2.45) is 0 Å². The van der Waals surface area contributed by atoms with Gasteiger partial charge in [-0.15, -0.1) is 0 Å². The van der Waals surface area contributed by atoms with Crippen LogP contribution >= 0.6 is 0 Å². The predicted molar refractivity (Wildman–Crippen MR) is 134 cm³/mol. The molecule has 8 heteroatoms. The van der Waals surface area contributed by atoms with Crippen molar-refractivity contribution in [1.29, 1.82) is 0 Å². The van der Waals surface area contributed by atoms with Crippen LogP contribution in [0.5, 0.6) is 0 Å². The summed E-state index contributed by atoms with van der Waals surface area (Å²) in [6.45, 7) is -0.0521. The maximum Gasteiger partial charge on any atom is 0.180 e. The van der Waals surface area contributed by atoms with E-state index in [1.807, 2.05) is 53.2 Å². The van der Waals surface area contributed by atoms with E-state index in [4.69, 9.17) is 10.7 Å². The Morgan fingerprint density at radius 3 is 2.46 bits per heavy atom. The Labute approximate surface area is 203 Å². The monoisotopic (exact) mass is 468 g/mol. The van der Waals surface area contributed by atoms with Crippen molar-refractivity contribution >= 4 is 17.2 Å². The fourth-order valence-electron chi connectivity index (χ4n) is 5.79. The van der Waals surface area contributed by atoms with Crippen molar-refractivity contribution < 1.29 is 9.90 Å². The number of aromatic nitrogens is 4. The van der Waals surface area contributed by atoms with E-state index in [-0.39, 0.29) is 11.7 Å². The SMILES string of the molecule is Nc1nc(C2CC3CCC(C2)N3CC(=O)CO)cn2c(-c3ccc(-c4ccccc4)nc3)cnc12. The molecule has 2 aliphatic heterocycles. The molecule has 4 aromatic rings. The molecule has 5 heterocycles. The number of aliphatic hydroxyl groups excluding tert-OH is 1. The highest BCUT2D eigenvalue weighted by Crippen LogP contribution is 2.43. The number of piperidine rings is 1. The van der Waals surface area contributed by atoms with Crippen LogP contribution < -0.4 is 5.73 Å². The zero-order valence-corrected chi connectivity index (χ0v) is 19.4. The number of carbonyl (C=O) groups excluding carboxylic acids is 1. The van der Waals surface area contributed by atoms with Gasteiger partial charge in [0.05, 0.1) is 29.8 Å². The molecular formula is C27H28N6O2. The predicted octanol–water partition coefficient (Wildman–Crippen LogP) is 3.31. The first kappa shape index (κ1) is 21.9.